The normalized spacial score (nSPS) is 10.7. The van der Waals surface area contributed by atoms with E-state index in [0.717, 1.165) is 27.8 Å². The number of aliphatic imine (C=N–C) groups is 1. The van der Waals surface area contributed by atoms with Crippen LogP contribution in [0, 0.1) is 0 Å². The van der Waals surface area contributed by atoms with E-state index in [4.69, 9.17) is 4.99 Å². The summed E-state index contributed by atoms with van der Waals surface area (Å²) in [7, 11) is 0. The Kier molecular flexibility index (Phi) is 4.84. The van der Waals surface area contributed by atoms with Crippen LogP contribution in [-0.2, 0) is 0 Å². The summed E-state index contributed by atoms with van der Waals surface area (Å²) >= 11 is 0. The Hall–Kier alpha value is -4.11. The van der Waals surface area contributed by atoms with Crippen LogP contribution < -0.4 is 10.6 Å². The highest BCUT2D eigenvalue weighted by atomic mass is 15.2. The van der Waals surface area contributed by atoms with Crippen LogP contribution in [0.4, 0.5) is 17.1 Å². The SMILES string of the molecule is c1ccc(NC(=Nc2c3ccccc3cc3ccccc23)Nc2ccccc2)cc1. The first-order chi connectivity index (χ1) is 14.9. The first-order valence-electron chi connectivity index (χ1n) is 10.0. The molecule has 5 aromatic carbocycles. The Morgan fingerprint density at radius 2 is 0.933 bits per heavy atom. The van der Waals surface area contributed by atoms with E-state index in [9.17, 15) is 0 Å². The maximum Gasteiger partial charge on any atom is 0.205 e. The zero-order chi connectivity index (χ0) is 20.2. The molecule has 0 unspecified atom stereocenters. The summed E-state index contributed by atoms with van der Waals surface area (Å²) in [4.78, 5) is 5.10. The topological polar surface area (TPSA) is 36.4 Å². The molecule has 0 bridgehead atoms. The van der Waals surface area contributed by atoms with Gasteiger partial charge in [0.1, 0.15) is 0 Å². The minimum absolute atomic E-state index is 0.675. The molecule has 0 fully saturated rings. The van der Waals surface area contributed by atoms with E-state index in [2.05, 4.69) is 65.2 Å². The van der Waals surface area contributed by atoms with Crippen molar-refractivity contribution in [2.45, 2.75) is 0 Å². The lowest BCUT2D eigenvalue weighted by Gasteiger charge is -2.14. The van der Waals surface area contributed by atoms with Crippen LogP contribution in [0.1, 0.15) is 0 Å². The largest absolute Gasteiger partial charge is 0.326 e. The first kappa shape index (κ1) is 18.0. The zero-order valence-corrected chi connectivity index (χ0v) is 16.4. The van der Waals surface area contributed by atoms with Gasteiger partial charge in [0.15, 0.2) is 0 Å². The van der Waals surface area contributed by atoms with Gasteiger partial charge < -0.3 is 10.6 Å². The maximum atomic E-state index is 5.10. The van der Waals surface area contributed by atoms with Gasteiger partial charge >= 0.3 is 0 Å². The Bertz CT molecular complexity index is 1230. The summed E-state index contributed by atoms with van der Waals surface area (Å²) in [5, 5.41) is 11.5. The van der Waals surface area contributed by atoms with E-state index in [1.165, 1.54) is 10.8 Å². The van der Waals surface area contributed by atoms with E-state index in [1.807, 2.05) is 60.7 Å². The van der Waals surface area contributed by atoms with Gasteiger partial charge in [0, 0.05) is 22.1 Å². The van der Waals surface area contributed by atoms with Crippen LogP contribution in [-0.4, -0.2) is 5.96 Å². The third-order valence-corrected chi connectivity index (χ3v) is 5.04. The van der Waals surface area contributed by atoms with Crippen molar-refractivity contribution in [3.63, 3.8) is 0 Å². The summed E-state index contributed by atoms with van der Waals surface area (Å²) in [5.41, 5.74) is 2.90. The third-order valence-electron chi connectivity index (χ3n) is 5.04. The van der Waals surface area contributed by atoms with Crippen LogP contribution in [0.15, 0.2) is 120 Å². The van der Waals surface area contributed by atoms with Crippen LogP contribution in [0.3, 0.4) is 0 Å². The number of nitrogens with one attached hydrogen (secondary N) is 2. The van der Waals surface area contributed by atoms with Crippen LogP contribution in [0.5, 0.6) is 0 Å². The second-order valence-electron chi connectivity index (χ2n) is 7.11. The van der Waals surface area contributed by atoms with Crippen molar-refractivity contribution in [3.05, 3.63) is 115 Å². The molecule has 0 radical (unpaired) electrons. The fourth-order valence-electron chi connectivity index (χ4n) is 3.63. The highest BCUT2D eigenvalue weighted by Crippen LogP contribution is 2.35. The molecular weight excluding hydrogens is 366 g/mol. The summed E-state index contributed by atoms with van der Waals surface area (Å²) in [5.74, 6) is 0.675. The number of benzene rings is 5. The molecule has 0 amide bonds. The molecule has 0 aliphatic carbocycles. The van der Waals surface area contributed by atoms with Gasteiger partial charge in [-0.1, -0.05) is 84.9 Å². The number of anilines is 2. The molecular formula is C27H21N3. The van der Waals surface area contributed by atoms with Gasteiger partial charge in [0.25, 0.3) is 0 Å². The highest BCUT2D eigenvalue weighted by Gasteiger charge is 2.09. The van der Waals surface area contributed by atoms with Crippen molar-refractivity contribution < 1.29 is 0 Å². The average Bonchev–Trinajstić information content (AvgIpc) is 2.80. The van der Waals surface area contributed by atoms with Crippen molar-refractivity contribution in [2.75, 3.05) is 10.6 Å². The first-order valence-corrected chi connectivity index (χ1v) is 10.0. The molecule has 0 spiro atoms. The number of fused-ring (bicyclic) bond motifs is 2. The smallest absolute Gasteiger partial charge is 0.205 e. The molecule has 144 valence electrons. The number of nitrogens with zero attached hydrogens (tertiary/aromatic N) is 1. The minimum Gasteiger partial charge on any atom is -0.326 e. The van der Waals surface area contributed by atoms with Crippen molar-refractivity contribution in [3.8, 4) is 0 Å². The van der Waals surface area contributed by atoms with Gasteiger partial charge in [-0.2, -0.15) is 0 Å². The number of hydrogen-bond donors (Lipinski definition) is 2. The van der Waals surface area contributed by atoms with Crippen molar-refractivity contribution in [1.82, 2.24) is 0 Å². The number of rotatable bonds is 3. The van der Waals surface area contributed by atoms with E-state index in [1.54, 1.807) is 0 Å². The molecule has 2 N–H and O–H groups in total. The number of guanidine groups is 1. The molecule has 5 rings (SSSR count). The molecule has 0 saturated heterocycles. The van der Waals surface area contributed by atoms with Gasteiger partial charge in [-0.15, -0.1) is 0 Å². The quantitative estimate of drug-likeness (QED) is 0.195. The third kappa shape index (κ3) is 3.74. The summed E-state index contributed by atoms with van der Waals surface area (Å²) in [6.07, 6.45) is 0. The monoisotopic (exact) mass is 387 g/mol. The fraction of sp³-hybridized carbons (Fsp3) is 0. The molecule has 3 nitrogen and oxygen atoms in total. The van der Waals surface area contributed by atoms with Crippen LogP contribution in [0.25, 0.3) is 21.5 Å². The van der Waals surface area contributed by atoms with Crippen molar-refractivity contribution in [2.24, 2.45) is 4.99 Å². The molecule has 0 saturated carbocycles. The average molecular weight is 387 g/mol. The summed E-state index contributed by atoms with van der Waals surface area (Å²) < 4.78 is 0. The lowest BCUT2D eigenvalue weighted by molar-refractivity contribution is 1.49. The molecule has 0 heterocycles. The Morgan fingerprint density at radius 1 is 0.500 bits per heavy atom. The zero-order valence-electron chi connectivity index (χ0n) is 16.4. The van der Waals surface area contributed by atoms with Crippen LogP contribution in [0.2, 0.25) is 0 Å². The summed E-state index contributed by atoms with van der Waals surface area (Å²) in [6.45, 7) is 0. The second kappa shape index (κ2) is 8.10. The predicted molar refractivity (Wildman–Crippen MR) is 129 cm³/mol. The second-order valence-corrected chi connectivity index (χ2v) is 7.11. The van der Waals surface area contributed by atoms with E-state index < -0.39 is 0 Å². The van der Waals surface area contributed by atoms with E-state index in [-0.39, 0.29) is 0 Å². The Labute approximate surface area is 175 Å². The van der Waals surface area contributed by atoms with E-state index in [0.29, 0.717) is 5.96 Å². The standard InChI is InChI=1S/C27H21N3/c1-3-13-22(14-4-1)28-27(29-23-15-5-2-6-16-23)30-26-24-17-9-7-11-20(24)19-21-12-8-10-18-25(21)26/h1-19H,(H2,28,29,30). The molecule has 0 aromatic heterocycles. The number of hydrogen-bond acceptors (Lipinski definition) is 1. The van der Waals surface area contributed by atoms with Gasteiger partial charge in [0.05, 0.1) is 5.69 Å². The molecule has 0 aliphatic rings. The molecule has 0 atom stereocenters. The molecule has 3 heteroatoms. The van der Waals surface area contributed by atoms with Crippen molar-refractivity contribution in [1.29, 1.82) is 0 Å². The lowest BCUT2D eigenvalue weighted by Crippen LogP contribution is -2.21. The fourth-order valence-corrected chi connectivity index (χ4v) is 3.63. The molecule has 5 aromatic rings. The van der Waals surface area contributed by atoms with Gasteiger partial charge in [-0.3, -0.25) is 0 Å². The number of para-hydroxylation sites is 2. The van der Waals surface area contributed by atoms with E-state index >= 15 is 0 Å². The Morgan fingerprint density at radius 3 is 1.43 bits per heavy atom. The van der Waals surface area contributed by atoms with Gasteiger partial charge in [-0.25, -0.2) is 4.99 Å². The molecule has 0 aliphatic heterocycles. The van der Waals surface area contributed by atoms with Crippen LogP contribution >= 0.6 is 0 Å². The van der Waals surface area contributed by atoms with Crippen molar-refractivity contribution >= 4 is 44.6 Å². The van der Waals surface area contributed by atoms with Gasteiger partial charge in [0.2, 0.25) is 5.96 Å². The highest BCUT2D eigenvalue weighted by molar-refractivity contribution is 6.14. The van der Waals surface area contributed by atoms with Gasteiger partial charge in [-0.05, 0) is 41.1 Å². The predicted octanol–water partition coefficient (Wildman–Crippen LogP) is 7.20. The lowest BCUT2D eigenvalue weighted by atomic mass is 10.0. The summed E-state index contributed by atoms with van der Waals surface area (Å²) in [6, 6.07) is 39.2. The molecule has 30 heavy (non-hydrogen) atoms. The maximum absolute atomic E-state index is 5.10. The Balaban J connectivity index is 1.69. The minimum atomic E-state index is 0.675.